The van der Waals surface area contributed by atoms with Crippen molar-refractivity contribution in [1.82, 2.24) is 0 Å². The number of ether oxygens (including phenoxy) is 1. The number of nitrogens with zero attached hydrogens (tertiary/aromatic N) is 3. The van der Waals surface area contributed by atoms with Crippen molar-refractivity contribution in [1.29, 1.82) is 0 Å². The number of hydrogen-bond donors (Lipinski definition) is 4. The predicted molar refractivity (Wildman–Crippen MR) is 437 cm³/mol. The van der Waals surface area contributed by atoms with Crippen LogP contribution in [0.25, 0.3) is 0 Å². The summed E-state index contributed by atoms with van der Waals surface area (Å²) in [5.41, 5.74) is 14.7. The van der Waals surface area contributed by atoms with Gasteiger partial charge < -0.3 is 40.5 Å². The van der Waals surface area contributed by atoms with Gasteiger partial charge in [0.25, 0.3) is 0 Å². The Hall–Kier alpha value is -5.96. The summed E-state index contributed by atoms with van der Waals surface area (Å²) in [6, 6.07) is 45.8. The summed E-state index contributed by atoms with van der Waals surface area (Å²) in [5, 5.41) is 20.5. The van der Waals surface area contributed by atoms with Crippen LogP contribution in [0, 0.1) is 79.0 Å². The van der Waals surface area contributed by atoms with Gasteiger partial charge in [-0.3, -0.25) is 0 Å². The highest BCUT2D eigenvalue weighted by Gasteiger charge is 2.39. The van der Waals surface area contributed by atoms with Crippen LogP contribution in [-0.2, 0) is 4.74 Å². The Morgan fingerprint density at radius 1 is 0.354 bits per heavy atom. The minimum atomic E-state index is -2.13. The van der Waals surface area contributed by atoms with E-state index in [-0.39, 0.29) is 22.2 Å². The zero-order valence-electron chi connectivity index (χ0n) is 71.5. The minimum Gasteiger partial charge on any atom is -0.387 e. The van der Waals surface area contributed by atoms with Gasteiger partial charge in [0.1, 0.15) is 0 Å². The number of aliphatic hydroxyl groups is 1. The van der Waals surface area contributed by atoms with Crippen LogP contribution in [-0.4, -0.2) is 77.8 Å². The van der Waals surface area contributed by atoms with Gasteiger partial charge in [-0.15, -0.1) is 0 Å². The van der Waals surface area contributed by atoms with Gasteiger partial charge in [0.05, 0.1) is 16.8 Å². The zero-order chi connectivity index (χ0) is 77.3. The molecule has 4 N–H and O–H groups in total. The molecular weight excluding hydrogens is 1170 g/mol. The van der Waals surface area contributed by atoms with Crippen LogP contribution in [0.4, 0.5) is 34.1 Å². The van der Waals surface area contributed by atoms with E-state index in [2.05, 4.69) is 327 Å². The number of hydrogen-bond acceptors (Lipinski definition) is 8. The van der Waals surface area contributed by atoms with Crippen molar-refractivity contribution in [3.63, 3.8) is 0 Å². The second kappa shape index (κ2) is 44.1. The first-order chi connectivity index (χ1) is 45.1. The molecule has 0 aliphatic heterocycles. The molecule has 544 valence electrons. The van der Waals surface area contributed by atoms with Crippen molar-refractivity contribution in [2.24, 2.45) is 23.7 Å². The lowest BCUT2D eigenvalue weighted by Crippen LogP contribution is -2.50. The molecule has 8 nitrogen and oxygen atoms in total. The second-order valence-corrected chi connectivity index (χ2v) is 33.4. The van der Waals surface area contributed by atoms with Gasteiger partial charge in [-0.25, -0.2) is 0 Å². The van der Waals surface area contributed by atoms with Crippen molar-refractivity contribution >= 4 is 34.1 Å². The Kier molecular flexibility index (Phi) is 39.6. The molecule has 6 aromatic rings. The third-order valence-corrected chi connectivity index (χ3v) is 14.4. The fourth-order valence-electron chi connectivity index (χ4n) is 9.80. The predicted octanol–water partition coefficient (Wildman–Crippen LogP) is 24.7. The van der Waals surface area contributed by atoms with Gasteiger partial charge in [0, 0.05) is 94.1 Å². The van der Waals surface area contributed by atoms with E-state index >= 15 is 0 Å². The van der Waals surface area contributed by atoms with Crippen LogP contribution in [0.15, 0.2) is 133 Å². The first kappa shape index (κ1) is 86.1. The van der Waals surface area contributed by atoms with E-state index < -0.39 is 18.1 Å². The van der Waals surface area contributed by atoms with Gasteiger partial charge >= 0.3 is 0 Å². The third-order valence-electron chi connectivity index (χ3n) is 14.4. The first-order valence-electron chi connectivity index (χ1n) is 37.5. The molecule has 0 unspecified atom stereocenters. The summed E-state index contributed by atoms with van der Waals surface area (Å²) in [6.07, 6.45) is 0. The molecule has 0 spiro atoms. The molecule has 0 aliphatic carbocycles. The maximum Gasteiger partial charge on any atom is 0.0913 e. The largest absolute Gasteiger partial charge is 0.387 e. The fourth-order valence-corrected chi connectivity index (χ4v) is 9.80. The summed E-state index contributed by atoms with van der Waals surface area (Å²) in [4.78, 5) is 7.17. The number of benzene rings is 6. The van der Waals surface area contributed by atoms with E-state index in [1.807, 2.05) is 59.7 Å². The monoisotopic (exact) mass is 1330 g/mol. The Morgan fingerprint density at radius 2 is 0.615 bits per heavy atom. The van der Waals surface area contributed by atoms with Crippen LogP contribution in [0.5, 0.6) is 0 Å². The molecule has 0 radical (unpaired) electrons. The summed E-state index contributed by atoms with van der Waals surface area (Å²) in [5.74, 6) is 3.33. The average molecular weight is 1330 g/mol. The highest BCUT2D eigenvalue weighted by atomic mass is 16.5. The Morgan fingerprint density at radius 3 is 0.885 bits per heavy atom. The van der Waals surface area contributed by atoms with E-state index in [4.69, 9.17) is 8.85 Å². The first-order valence-corrected chi connectivity index (χ1v) is 36.0. The average Bonchev–Trinajstić information content (AvgIpc) is 0.790. The lowest BCUT2D eigenvalue weighted by Gasteiger charge is -2.41. The Balaban J connectivity index is 0. The van der Waals surface area contributed by atoms with Gasteiger partial charge in [-0.1, -0.05) is 192 Å². The zero-order valence-corrected chi connectivity index (χ0v) is 68.5. The van der Waals surface area contributed by atoms with E-state index in [9.17, 15) is 5.11 Å². The third kappa shape index (κ3) is 40.1. The molecule has 96 heavy (non-hydrogen) atoms. The maximum absolute atomic E-state index is 9.78. The number of rotatable bonds is 17. The van der Waals surface area contributed by atoms with Gasteiger partial charge in [-0.2, -0.15) is 0 Å². The summed E-state index contributed by atoms with van der Waals surface area (Å²) < 4.78 is 29.6. The van der Waals surface area contributed by atoms with E-state index in [1.165, 1.54) is 56.1 Å². The standard InChI is InChI=1S/2C22H32N2.C18H24N2.C10H22O2.4C4H10/c2*1-16-10-8-11-17(2)20(16)23-14-15-24(22(5,6)7)21-18(3)12-9-13-19(21)4;1-18(2,3)20(17-12-8-5-9-13-17)15-14-19-16-10-6-4-7-11-16;1-8(2,3)12-10(6,7)9(4,5)11;4*1-4(2)3/h2*8-13,23H,14-15H2,1-7H3;4-13,19H,14-15H2,1-3H3;11H,1-7H3;4*4H,1-3H3/i3D3;;;;;;;. The van der Waals surface area contributed by atoms with Gasteiger partial charge in [-0.05, 0) is 259 Å². The lowest BCUT2D eigenvalue weighted by molar-refractivity contribution is -0.197. The molecule has 6 aromatic carbocycles. The number of para-hydroxylation sites is 6. The SMILES string of the molecule is CC(C)(C)N(CCNc1ccccc1)c1ccccc1.CC(C)(C)OC(C)(C)C(C)(C)O.CC(C)C.CC(C)C.CC(C)C.CC(C)C.Cc1cccc(C)c1NCCN(c1c(C)cccc1C)C(C)(C)C.[2H]C([2H])([2H])c1cccc(C)c1N(CCNc1c(C)cccc1C)C(C)(C)C. The molecule has 0 saturated carbocycles. The molecule has 0 fully saturated rings. The van der Waals surface area contributed by atoms with Gasteiger partial charge in [0.2, 0.25) is 0 Å². The van der Waals surface area contributed by atoms with E-state index in [1.54, 1.807) is 19.9 Å². The van der Waals surface area contributed by atoms with Crippen molar-refractivity contribution in [3.8, 4) is 0 Å². The van der Waals surface area contributed by atoms with Crippen LogP contribution in [0.1, 0.15) is 242 Å². The Labute approximate surface area is 599 Å². The molecule has 8 heteroatoms. The number of nitrogens with one attached hydrogen (secondary N) is 3. The molecule has 0 heterocycles. The van der Waals surface area contributed by atoms with Crippen LogP contribution in [0.2, 0.25) is 0 Å². The molecule has 0 atom stereocenters. The van der Waals surface area contributed by atoms with E-state index in [0.29, 0.717) is 12.1 Å². The van der Waals surface area contributed by atoms with Crippen molar-refractivity contribution in [2.75, 3.05) is 69.9 Å². The number of anilines is 6. The normalized spacial score (nSPS) is 12.0. The quantitative estimate of drug-likeness (QED) is 0.0720. The summed E-state index contributed by atoms with van der Waals surface area (Å²) in [6.45, 7) is 77.4. The van der Waals surface area contributed by atoms with E-state index in [0.717, 1.165) is 73.3 Å². The molecule has 0 bridgehead atoms. The molecule has 0 aromatic heterocycles. The second-order valence-electron chi connectivity index (χ2n) is 33.4. The Bertz CT molecular complexity index is 3000. The smallest absolute Gasteiger partial charge is 0.0913 e. The molecule has 0 amide bonds. The fraction of sp³-hybridized carbons (Fsp3) is 0.591. The topological polar surface area (TPSA) is 75.3 Å². The highest BCUT2D eigenvalue weighted by molar-refractivity contribution is 5.63. The molecule has 6 rings (SSSR count). The summed E-state index contributed by atoms with van der Waals surface area (Å²) in [7, 11) is 0. The molecular formula is C88H150N6O2. The summed E-state index contributed by atoms with van der Waals surface area (Å²) >= 11 is 0. The lowest BCUT2D eigenvalue weighted by atomic mass is 9.88. The van der Waals surface area contributed by atoms with Crippen molar-refractivity contribution < 1.29 is 14.0 Å². The van der Waals surface area contributed by atoms with Gasteiger partial charge in [0.15, 0.2) is 0 Å². The van der Waals surface area contributed by atoms with Crippen LogP contribution in [0.3, 0.4) is 0 Å². The molecule has 0 saturated heterocycles. The maximum atomic E-state index is 9.78. The highest BCUT2D eigenvalue weighted by Crippen LogP contribution is 2.34. The van der Waals surface area contributed by atoms with Crippen LogP contribution >= 0.6 is 0 Å². The molecule has 0 aliphatic rings. The van der Waals surface area contributed by atoms with Crippen molar-refractivity contribution in [3.05, 3.63) is 178 Å². The minimum absolute atomic E-state index is 0.0827. The van der Waals surface area contributed by atoms with Crippen LogP contribution < -0.4 is 30.7 Å². The van der Waals surface area contributed by atoms with Crippen molar-refractivity contribution in [2.45, 2.75) is 283 Å². The number of aryl methyl sites for hydroxylation is 8.